The molecule has 2 aliphatic carbocycles. The Morgan fingerprint density at radius 2 is 1.52 bits per heavy atom. The number of allylic oxidation sites excluding steroid dienone is 5. The fourth-order valence-corrected chi connectivity index (χ4v) is 4.19. The van der Waals surface area contributed by atoms with E-state index >= 15 is 4.39 Å². The molecule has 0 aliphatic heterocycles. The van der Waals surface area contributed by atoms with Gasteiger partial charge in [-0.25, -0.2) is 31.1 Å². The Labute approximate surface area is 181 Å². The molecule has 2 aliphatic rings. The van der Waals surface area contributed by atoms with Crippen LogP contribution in [0, 0.1) is 29.1 Å². The number of aromatic carboxylic acids is 1. The van der Waals surface area contributed by atoms with Gasteiger partial charge >= 0.3 is 5.97 Å². The van der Waals surface area contributed by atoms with Crippen molar-refractivity contribution in [3.05, 3.63) is 92.6 Å². The van der Waals surface area contributed by atoms with E-state index in [1.54, 1.807) is 0 Å². The molecule has 0 fully saturated rings. The first-order valence-corrected chi connectivity index (χ1v) is 9.30. The minimum atomic E-state index is -2.39. The van der Waals surface area contributed by atoms with Gasteiger partial charge in [-0.05, 0) is 46.6 Å². The predicted molar refractivity (Wildman–Crippen MR) is 103 cm³/mol. The maximum atomic E-state index is 15.0. The normalized spacial score (nSPS) is 16.8. The van der Waals surface area contributed by atoms with E-state index < -0.39 is 74.5 Å². The SMILES string of the molecule is CC1(C)C2=CC(=O)C(F)=CC2=C(c2c(F)c(F)c(F)c(F)c2C(=O)O)c2cc(F)c(O)cc21. The number of carbonyl (C=O) groups is 2. The molecule has 0 amide bonds. The van der Waals surface area contributed by atoms with Gasteiger partial charge in [0, 0.05) is 16.6 Å². The van der Waals surface area contributed by atoms with E-state index in [1.165, 1.54) is 13.8 Å². The summed E-state index contributed by atoms with van der Waals surface area (Å²) in [6.07, 6.45) is 1.43. The Balaban J connectivity index is 2.30. The van der Waals surface area contributed by atoms with Crippen LogP contribution in [0.4, 0.5) is 26.3 Å². The fourth-order valence-electron chi connectivity index (χ4n) is 4.19. The highest BCUT2D eigenvalue weighted by Gasteiger charge is 2.43. The van der Waals surface area contributed by atoms with Gasteiger partial charge in [0.15, 0.2) is 40.7 Å². The molecule has 4 rings (SSSR count). The third-order valence-corrected chi connectivity index (χ3v) is 5.78. The molecule has 0 saturated heterocycles. The summed E-state index contributed by atoms with van der Waals surface area (Å²) < 4.78 is 86.2. The van der Waals surface area contributed by atoms with Gasteiger partial charge in [0.2, 0.25) is 5.78 Å². The first-order chi connectivity index (χ1) is 15.3. The molecule has 0 spiro atoms. The van der Waals surface area contributed by atoms with E-state index in [0.29, 0.717) is 12.1 Å². The number of carbonyl (C=O) groups excluding carboxylic acids is 1. The van der Waals surface area contributed by atoms with Crippen molar-refractivity contribution in [1.29, 1.82) is 0 Å². The molecule has 0 aromatic heterocycles. The van der Waals surface area contributed by atoms with Gasteiger partial charge in [0.05, 0.1) is 0 Å². The lowest BCUT2D eigenvalue weighted by Crippen LogP contribution is -2.30. The summed E-state index contributed by atoms with van der Waals surface area (Å²) in [5.74, 6) is -15.8. The molecule has 0 saturated carbocycles. The topological polar surface area (TPSA) is 74.6 Å². The molecule has 4 nitrogen and oxygen atoms in total. The number of phenols is 1. The molecule has 33 heavy (non-hydrogen) atoms. The number of carboxylic acid groups (broad SMARTS) is 1. The largest absolute Gasteiger partial charge is 0.505 e. The Bertz CT molecular complexity index is 1400. The van der Waals surface area contributed by atoms with Crippen molar-refractivity contribution in [3.8, 4) is 5.75 Å². The van der Waals surface area contributed by atoms with Crippen LogP contribution in [0.1, 0.15) is 40.9 Å². The summed E-state index contributed by atoms with van der Waals surface area (Å²) in [5, 5.41) is 19.4. The van der Waals surface area contributed by atoms with Gasteiger partial charge < -0.3 is 10.2 Å². The van der Waals surface area contributed by atoms with E-state index in [9.17, 15) is 41.8 Å². The first kappa shape index (κ1) is 22.4. The Hall–Kier alpha value is -3.82. The van der Waals surface area contributed by atoms with E-state index in [-0.39, 0.29) is 22.3 Å². The van der Waals surface area contributed by atoms with E-state index in [4.69, 9.17) is 0 Å². The number of rotatable bonds is 2. The monoisotopic (exact) mass is 466 g/mol. The molecule has 10 heteroatoms. The number of benzene rings is 2. The van der Waals surface area contributed by atoms with Crippen molar-refractivity contribution in [2.24, 2.45) is 0 Å². The molecular weight excluding hydrogens is 454 g/mol. The maximum absolute atomic E-state index is 15.0. The summed E-state index contributed by atoms with van der Waals surface area (Å²) in [7, 11) is 0. The molecule has 170 valence electrons. The van der Waals surface area contributed by atoms with Crippen molar-refractivity contribution in [1.82, 2.24) is 0 Å². The average Bonchev–Trinajstić information content (AvgIpc) is 2.73. The highest BCUT2D eigenvalue weighted by Crippen LogP contribution is 2.52. The molecule has 2 N–H and O–H groups in total. The Morgan fingerprint density at radius 1 is 0.909 bits per heavy atom. The lowest BCUT2D eigenvalue weighted by atomic mass is 9.64. The van der Waals surface area contributed by atoms with Crippen LogP contribution in [-0.2, 0) is 10.2 Å². The second kappa shape index (κ2) is 7.09. The van der Waals surface area contributed by atoms with Crippen LogP contribution >= 0.6 is 0 Å². The highest BCUT2D eigenvalue weighted by molar-refractivity contribution is 6.09. The highest BCUT2D eigenvalue weighted by atomic mass is 19.2. The predicted octanol–water partition coefficient (Wildman–Crippen LogP) is 5.24. The second-order valence-corrected chi connectivity index (χ2v) is 7.99. The number of carboxylic acids is 1. The number of hydrogen-bond donors (Lipinski definition) is 2. The lowest BCUT2D eigenvalue weighted by Gasteiger charge is -2.39. The minimum absolute atomic E-state index is 0.00999. The first-order valence-electron chi connectivity index (χ1n) is 9.30. The summed E-state index contributed by atoms with van der Waals surface area (Å²) in [4.78, 5) is 23.8. The van der Waals surface area contributed by atoms with Gasteiger partial charge in [-0.1, -0.05) is 13.8 Å². The molecule has 0 heterocycles. The number of phenolic OH excluding ortho intramolecular Hbond substituents is 1. The zero-order chi connectivity index (χ0) is 24.6. The van der Waals surface area contributed by atoms with Crippen LogP contribution in [0.2, 0.25) is 0 Å². The van der Waals surface area contributed by atoms with Crippen molar-refractivity contribution in [2.45, 2.75) is 19.3 Å². The maximum Gasteiger partial charge on any atom is 0.339 e. The van der Waals surface area contributed by atoms with Gasteiger partial charge in [-0.2, -0.15) is 0 Å². The Kier molecular flexibility index (Phi) is 4.81. The second-order valence-electron chi connectivity index (χ2n) is 7.99. The molecule has 0 radical (unpaired) electrons. The van der Waals surface area contributed by atoms with Crippen molar-refractivity contribution in [2.75, 3.05) is 0 Å². The standard InChI is InChI=1S/C23H12F6O4/c1-23(2)9-5-13(30)11(24)3-7(9)15(8-4-12(25)14(31)6-10(8)23)16-17(22(32)33)19(27)21(29)20(28)18(16)26/h3-6,30H,1-2H3,(H,32,33). The summed E-state index contributed by atoms with van der Waals surface area (Å²) in [6, 6.07) is 1.56. The zero-order valence-electron chi connectivity index (χ0n) is 16.8. The summed E-state index contributed by atoms with van der Waals surface area (Å²) in [6.45, 7) is 2.99. The van der Waals surface area contributed by atoms with E-state index in [2.05, 4.69) is 0 Å². The zero-order valence-corrected chi connectivity index (χ0v) is 16.8. The lowest BCUT2D eigenvalue weighted by molar-refractivity contribution is -0.112. The van der Waals surface area contributed by atoms with Crippen LogP contribution in [0.25, 0.3) is 5.57 Å². The number of hydrogen-bond acceptors (Lipinski definition) is 3. The van der Waals surface area contributed by atoms with Gasteiger partial charge in [-0.3, -0.25) is 4.79 Å². The number of fused-ring (bicyclic) bond motifs is 2. The quantitative estimate of drug-likeness (QED) is 0.361. The van der Waals surface area contributed by atoms with Crippen molar-refractivity contribution < 1.29 is 46.1 Å². The van der Waals surface area contributed by atoms with Crippen LogP contribution in [0.3, 0.4) is 0 Å². The van der Waals surface area contributed by atoms with E-state index in [0.717, 1.165) is 12.1 Å². The average molecular weight is 466 g/mol. The summed E-state index contributed by atoms with van der Waals surface area (Å²) in [5.41, 5.74) is -5.58. The fraction of sp³-hybridized carbons (Fsp3) is 0.130. The third kappa shape index (κ3) is 3.00. The Morgan fingerprint density at radius 3 is 2.12 bits per heavy atom. The minimum Gasteiger partial charge on any atom is -0.505 e. The smallest absolute Gasteiger partial charge is 0.339 e. The number of aromatic hydroxyl groups is 1. The molecule has 0 bridgehead atoms. The van der Waals surface area contributed by atoms with Gasteiger partial charge in [0.1, 0.15) is 5.56 Å². The molecule has 0 atom stereocenters. The third-order valence-electron chi connectivity index (χ3n) is 5.78. The van der Waals surface area contributed by atoms with Crippen LogP contribution in [0.5, 0.6) is 5.75 Å². The van der Waals surface area contributed by atoms with Crippen LogP contribution in [0.15, 0.2) is 41.3 Å². The number of halogens is 6. The van der Waals surface area contributed by atoms with Crippen LogP contribution in [-0.4, -0.2) is 22.0 Å². The van der Waals surface area contributed by atoms with E-state index in [1.807, 2.05) is 0 Å². The molecule has 2 aromatic carbocycles. The van der Waals surface area contributed by atoms with Gasteiger partial charge in [-0.15, -0.1) is 0 Å². The molecule has 0 unspecified atom stereocenters. The summed E-state index contributed by atoms with van der Waals surface area (Å²) >= 11 is 0. The molecule has 2 aromatic rings. The van der Waals surface area contributed by atoms with Gasteiger partial charge in [0.25, 0.3) is 0 Å². The van der Waals surface area contributed by atoms with Crippen molar-refractivity contribution in [3.63, 3.8) is 0 Å². The van der Waals surface area contributed by atoms with Crippen molar-refractivity contribution >= 4 is 17.3 Å². The van der Waals surface area contributed by atoms with Crippen LogP contribution < -0.4 is 0 Å². The number of ketones is 1. The molecular formula is C23H12F6O4.